The van der Waals surface area contributed by atoms with Crippen LogP contribution in [0.1, 0.15) is 38.1 Å². The van der Waals surface area contributed by atoms with Crippen molar-refractivity contribution in [3.05, 3.63) is 15.9 Å². The molecule has 0 radical (unpaired) electrons. The second-order valence-corrected chi connectivity index (χ2v) is 4.37. The monoisotopic (exact) mass is 272 g/mol. The summed E-state index contributed by atoms with van der Waals surface area (Å²) in [5.41, 5.74) is 2.19. The van der Waals surface area contributed by atoms with E-state index in [1.807, 2.05) is 18.7 Å². The average molecular weight is 273 g/mol. The smallest absolute Gasteiger partial charge is 0.133 e. The molecule has 0 aromatic carbocycles. The Balaban J connectivity index is 2.76. The van der Waals surface area contributed by atoms with E-state index in [0.717, 1.165) is 28.7 Å². The zero-order chi connectivity index (χ0) is 11.4. The SMILES string of the molecule is CCC(=O)CCc1c(Br)c(CC)nn1C. The largest absolute Gasteiger partial charge is 0.300 e. The van der Waals surface area contributed by atoms with Crippen LogP contribution in [-0.4, -0.2) is 15.6 Å². The zero-order valence-corrected chi connectivity index (χ0v) is 11.1. The van der Waals surface area contributed by atoms with Gasteiger partial charge in [-0.2, -0.15) is 5.10 Å². The highest BCUT2D eigenvalue weighted by Crippen LogP contribution is 2.22. The summed E-state index contributed by atoms with van der Waals surface area (Å²) in [6.45, 7) is 3.98. The maximum atomic E-state index is 11.2. The van der Waals surface area contributed by atoms with E-state index in [1.165, 1.54) is 0 Å². The first-order valence-corrected chi connectivity index (χ1v) is 6.11. The van der Waals surface area contributed by atoms with Gasteiger partial charge in [-0.15, -0.1) is 0 Å². The second kappa shape index (κ2) is 5.45. The maximum Gasteiger partial charge on any atom is 0.133 e. The van der Waals surface area contributed by atoms with Crippen LogP contribution >= 0.6 is 15.9 Å². The van der Waals surface area contributed by atoms with E-state index in [9.17, 15) is 4.79 Å². The minimum absolute atomic E-state index is 0.307. The van der Waals surface area contributed by atoms with Crippen LogP contribution in [0.4, 0.5) is 0 Å². The standard InChI is InChI=1S/C11H17BrN2O/c1-4-8(15)6-7-10-11(12)9(5-2)13-14(10)3/h4-7H2,1-3H3. The summed E-state index contributed by atoms with van der Waals surface area (Å²) in [6, 6.07) is 0. The Bertz CT molecular complexity index is 358. The molecule has 1 aromatic heterocycles. The number of Topliss-reactive ketones (excluding diaryl/α,β-unsaturated/α-hetero) is 1. The fourth-order valence-corrected chi connectivity index (χ4v) is 2.34. The van der Waals surface area contributed by atoms with Crippen LogP contribution in [0.5, 0.6) is 0 Å². The topological polar surface area (TPSA) is 34.9 Å². The summed E-state index contributed by atoms with van der Waals surface area (Å²) in [7, 11) is 1.93. The number of carbonyl (C=O) groups excluding carboxylic acids is 1. The molecule has 0 spiro atoms. The molecule has 4 heteroatoms. The van der Waals surface area contributed by atoms with E-state index < -0.39 is 0 Å². The number of nitrogens with zero attached hydrogens (tertiary/aromatic N) is 2. The lowest BCUT2D eigenvalue weighted by atomic mass is 10.1. The number of hydrogen-bond acceptors (Lipinski definition) is 2. The number of halogens is 1. The molecule has 0 N–H and O–H groups in total. The quantitative estimate of drug-likeness (QED) is 0.826. The van der Waals surface area contributed by atoms with Gasteiger partial charge in [-0.05, 0) is 28.8 Å². The van der Waals surface area contributed by atoms with Crippen molar-refractivity contribution in [1.82, 2.24) is 9.78 Å². The van der Waals surface area contributed by atoms with Gasteiger partial charge in [0, 0.05) is 19.9 Å². The molecule has 1 rings (SSSR count). The Morgan fingerprint density at radius 3 is 2.60 bits per heavy atom. The third-order valence-electron chi connectivity index (χ3n) is 2.54. The highest BCUT2D eigenvalue weighted by molar-refractivity contribution is 9.10. The van der Waals surface area contributed by atoms with Gasteiger partial charge < -0.3 is 0 Å². The van der Waals surface area contributed by atoms with E-state index in [-0.39, 0.29) is 0 Å². The molecule has 3 nitrogen and oxygen atoms in total. The van der Waals surface area contributed by atoms with Crippen molar-refractivity contribution in [2.45, 2.75) is 39.5 Å². The first-order valence-electron chi connectivity index (χ1n) is 5.32. The number of aryl methyl sites for hydroxylation is 2. The van der Waals surface area contributed by atoms with Crippen LogP contribution in [0.25, 0.3) is 0 Å². The van der Waals surface area contributed by atoms with Crippen LogP contribution < -0.4 is 0 Å². The molecular weight excluding hydrogens is 256 g/mol. The minimum Gasteiger partial charge on any atom is -0.300 e. The van der Waals surface area contributed by atoms with Crippen LogP contribution in [0.3, 0.4) is 0 Å². The van der Waals surface area contributed by atoms with Gasteiger partial charge in [-0.1, -0.05) is 13.8 Å². The first kappa shape index (κ1) is 12.4. The lowest BCUT2D eigenvalue weighted by Crippen LogP contribution is -2.03. The number of carbonyl (C=O) groups is 1. The average Bonchev–Trinajstić information content (AvgIpc) is 2.51. The van der Waals surface area contributed by atoms with E-state index in [0.29, 0.717) is 18.6 Å². The molecule has 15 heavy (non-hydrogen) atoms. The molecule has 0 amide bonds. The molecule has 0 saturated carbocycles. The summed E-state index contributed by atoms with van der Waals surface area (Å²) >= 11 is 3.54. The fourth-order valence-electron chi connectivity index (χ4n) is 1.53. The summed E-state index contributed by atoms with van der Waals surface area (Å²) in [4.78, 5) is 11.2. The Hall–Kier alpha value is -0.640. The Morgan fingerprint density at radius 2 is 2.13 bits per heavy atom. The summed E-state index contributed by atoms with van der Waals surface area (Å²) in [5, 5.41) is 4.39. The lowest BCUT2D eigenvalue weighted by Gasteiger charge is -2.01. The molecule has 0 bridgehead atoms. The van der Waals surface area contributed by atoms with Gasteiger partial charge in [0.05, 0.1) is 15.9 Å². The summed E-state index contributed by atoms with van der Waals surface area (Å²) in [5.74, 6) is 0.307. The highest BCUT2D eigenvalue weighted by atomic mass is 79.9. The highest BCUT2D eigenvalue weighted by Gasteiger charge is 2.12. The molecule has 0 aliphatic rings. The molecule has 0 atom stereocenters. The summed E-state index contributed by atoms with van der Waals surface area (Å²) in [6.07, 6.45) is 2.92. The molecule has 0 aliphatic heterocycles. The normalized spacial score (nSPS) is 10.7. The van der Waals surface area contributed by atoms with Crippen molar-refractivity contribution in [3.8, 4) is 0 Å². The first-order chi connectivity index (χ1) is 7.10. The summed E-state index contributed by atoms with van der Waals surface area (Å²) < 4.78 is 2.93. The number of aromatic nitrogens is 2. The van der Waals surface area contributed by atoms with E-state index in [2.05, 4.69) is 28.0 Å². The number of ketones is 1. The lowest BCUT2D eigenvalue weighted by molar-refractivity contribution is -0.118. The van der Waals surface area contributed by atoms with Crippen LogP contribution in [0.15, 0.2) is 4.47 Å². The molecule has 0 aliphatic carbocycles. The van der Waals surface area contributed by atoms with Crippen molar-refractivity contribution in [2.75, 3.05) is 0 Å². The Labute approximate surface area is 99.0 Å². The van der Waals surface area contributed by atoms with Crippen molar-refractivity contribution < 1.29 is 4.79 Å². The van der Waals surface area contributed by atoms with Crippen LogP contribution in [-0.2, 0) is 24.7 Å². The van der Waals surface area contributed by atoms with Gasteiger partial charge in [-0.25, -0.2) is 0 Å². The molecule has 1 aromatic rings. The Morgan fingerprint density at radius 1 is 1.47 bits per heavy atom. The predicted octanol–water partition coefficient (Wildman–Crippen LogP) is 2.66. The van der Waals surface area contributed by atoms with Gasteiger partial charge in [0.15, 0.2) is 0 Å². The molecule has 0 unspecified atom stereocenters. The third kappa shape index (κ3) is 2.91. The van der Waals surface area contributed by atoms with Crippen molar-refractivity contribution in [2.24, 2.45) is 7.05 Å². The molecular formula is C11H17BrN2O. The molecule has 84 valence electrons. The van der Waals surface area contributed by atoms with Gasteiger partial charge in [0.25, 0.3) is 0 Å². The van der Waals surface area contributed by atoms with Crippen LogP contribution in [0, 0.1) is 0 Å². The molecule has 0 saturated heterocycles. The fraction of sp³-hybridized carbons (Fsp3) is 0.636. The van der Waals surface area contributed by atoms with E-state index >= 15 is 0 Å². The van der Waals surface area contributed by atoms with Gasteiger partial charge in [-0.3, -0.25) is 9.48 Å². The van der Waals surface area contributed by atoms with Gasteiger partial charge >= 0.3 is 0 Å². The zero-order valence-electron chi connectivity index (χ0n) is 9.51. The predicted molar refractivity (Wildman–Crippen MR) is 63.9 cm³/mol. The van der Waals surface area contributed by atoms with Crippen molar-refractivity contribution in [3.63, 3.8) is 0 Å². The number of rotatable bonds is 5. The van der Waals surface area contributed by atoms with Gasteiger partial charge in [0.2, 0.25) is 0 Å². The minimum atomic E-state index is 0.307. The van der Waals surface area contributed by atoms with E-state index in [1.54, 1.807) is 0 Å². The third-order valence-corrected chi connectivity index (χ3v) is 3.45. The van der Waals surface area contributed by atoms with Gasteiger partial charge in [0.1, 0.15) is 5.78 Å². The number of hydrogen-bond donors (Lipinski definition) is 0. The molecule has 0 fully saturated rings. The van der Waals surface area contributed by atoms with Crippen molar-refractivity contribution >= 4 is 21.7 Å². The van der Waals surface area contributed by atoms with Crippen molar-refractivity contribution in [1.29, 1.82) is 0 Å². The van der Waals surface area contributed by atoms with Crippen LogP contribution in [0.2, 0.25) is 0 Å². The van der Waals surface area contributed by atoms with E-state index in [4.69, 9.17) is 0 Å². The maximum absolute atomic E-state index is 11.2. The second-order valence-electron chi connectivity index (χ2n) is 3.58. The molecule has 1 heterocycles. The Kier molecular flexibility index (Phi) is 4.51.